The molecule has 0 saturated carbocycles. The molecule has 1 amide bonds. The van der Waals surface area contributed by atoms with Gasteiger partial charge in [0.15, 0.2) is 5.69 Å². The lowest BCUT2D eigenvalue weighted by molar-refractivity contribution is 0.0980. The molecule has 0 spiro atoms. The molecule has 8 heteroatoms. The Morgan fingerprint density at radius 3 is 2.80 bits per heavy atom. The smallest absolute Gasteiger partial charge is 0.280 e. The first-order chi connectivity index (χ1) is 11.9. The number of H-pyrrole nitrogens is 1. The molecule has 0 unspecified atom stereocenters. The van der Waals surface area contributed by atoms with Gasteiger partial charge in [0.2, 0.25) is 5.82 Å². The number of benzene rings is 1. The molecule has 8 nitrogen and oxygen atoms in total. The average Bonchev–Trinajstić information content (AvgIpc) is 3.31. The van der Waals surface area contributed by atoms with E-state index in [-0.39, 0.29) is 11.3 Å². The van der Waals surface area contributed by atoms with Gasteiger partial charge < -0.3 is 9.42 Å². The van der Waals surface area contributed by atoms with Gasteiger partial charge in [0, 0.05) is 29.3 Å². The highest BCUT2D eigenvalue weighted by Gasteiger charge is 2.29. The maximum absolute atomic E-state index is 12.8. The molecule has 3 aromatic rings. The van der Waals surface area contributed by atoms with Gasteiger partial charge in [-0.1, -0.05) is 25.9 Å². The molecule has 0 radical (unpaired) electrons. The van der Waals surface area contributed by atoms with Crippen LogP contribution in [0.25, 0.3) is 11.4 Å². The van der Waals surface area contributed by atoms with Gasteiger partial charge >= 0.3 is 0 Å². The summed E-state index contributed by atoms with van der Waals surface area (Å²) in [4.78, 5) is 14.6. The Labute approximate surface area is 144 Å². The lowest BCUT2D eigenvalue weighted by Gasteiger charge is -2.16. The maximum Gasteiger partial charge on any atom is 0.280 e. The average molecular weight is 338 g/mol. The van der Waals surface area contributed by atoms with Gasteiger partial charge in [0.1, 0.15) is 5.76 Å². The SMILES string of the molecule is CC(C)(C)c1cc(C(=O)N2CCc3cc(-c4nn[nH]n4)ccc32)no1. The van der Waals surface area contributed by atoms with Crippen molar-refractivity contribution >= 4 is 11.6 Å². The summed E-state index contributed by atoms with van der Waals surface area (Å²) >= 11 is 0. The Morgan fingerprint density at radius 2 is 2.12 bits per heavy atom. The number of hydrogen-bond acceptors (Lipinski definition) is 6. The van der Waals surface area contributed by atoms with Crippen LogP contribution in [-0.4, -0.2) is 38.2 Å². The predicted molar refractivity (Wildman–Crippen MR) is 90.2 cm³/mol. The highest BCUT2D eigenvalue weighted by Crippen LogP contribution is 2.32. The summed E-state index contributed by atoms with van der Waals surface area (Å²) < 4.78 is 5.34. The molecule has 25 heavy (non-hydrogen) atoms. The topological polar surface area (TPSA) is 101 Å². The second-order valence-corrected chi connectivity index (χ2v) is 7.11. The Bertz CT molecular complexity index is 923. The number of fused-ring (bicyclic) bond motifs is 1. The van der Waals surface area contributed by atoms with E-state index in [9.17, 15) is 4.79 Å². The van der Waals surface area contributed by atoms with Crippen molar-refractivity contribution < 1.29 is 9.32 Å². The lowest BCUT2D eigenvalue weighted by Crippen LogP contribution is -2.29. The third-order valence-corrected chi connectivity index (χ3v) is 4.29. The van der Waals surface area contributed by atoms with E-state index in [2.05, 4.69) is 25.8 Å². The van der Waals surface area contributed by atoms with Gasteiger partial charge in [-0.2, -0.15) is 5.21 Å². The normalized spacial score (nSPS) is 14.0. The molecule has 1 aromatic carbocycles. The lowest BCUT2D eigenvalue weighted by atomic mass is 9.93. The van der Waals surface area contributed by atoms with Crippen molar-refractivity contribution in [3.05, 3.63) is 41.3 Å². The number of rotatable bonds is 2. The molecule has 0 saturated heterocycles. The van der Waals surface area contributed by atoms with Gasteiger partial charge in [0.25, 0.3) is 5.91 Å². The number of nitrogens with zero attached hydrogens (tertiary/aromatic N) is 5. The molecule has 0 fully saturated rings. The van der Waals surface area contributed by atoms with Crippen molar-refractivity contribution in [2.45, 2.75) is 32.6 Å². The highest BCUT2D eigenvalue weighted by atomic mass is 16.5. The fourth-order valence-corrected chi connectivity index (χ4v) is 2.90. The molecule has 0 atom stereocenters. The van der Waals surface area contributed by atoms with Crippen molar-refractivity contribution in [2.24, 2.45) is 0 Å². The summed E-state index contributed by atoms with van der Waals surface area (Å²) in [5.74, 6) is 1.09. The molecular weight excluding hydrogens is 320 g/mol. The van der Waals surface area contributed by atoms with E-state index >= 15 is 0 Å². The van der Waals surface area contributed by atoms with Crippen LogP contribution in [0.5, 0.6) is 0 Å². The largest absolute Gasteiger partial charge is 0.360 e. The van der Waals surface area contributed by atoms with E-state index in [1.165, 1.54) is 0 Å². The van der Waals surface area contributed by atoms with Crippen molar-refractivity contribution in [3.8, 4) is 11.4 Å². The zero-order valence-electron chi connectivity index (χ0n) is 14.3. The minimum atomic E-state index is -0.187. The Kier molecular flexibility index (Phi) is 3.41. The number of carbonyl (C=O) groups is 1. The number of amides is 1. The zero-order chi connectivity index (χ0) is 17.6. The first-order valence-electron chi connectivity index (χ1n) is 8.09. The molecule has 1 N–H and O–H groups in total. The Morgan fingerprint density at radius 1 is 1.28 bits per heavy atom. The van der Waals surface area contributed by atoms with Gasteiger partial charge in [-0.15, -0.1) is 10.2 Å². The van der Waals surface area contributed by atoms with Crippen molar-refractivity contribution in [2.75, 3.05) is 11.4 Å². The Hall–Kier alpha value is -3.03. The van der Waals surface area contributed by atoms with Crippen LogP contribution in [0, 0.1) is 0 Å². The van der Waals surface area contributed by atoms with E-state index in [4.69, 9.17) is 4.52 Å². The van der Waals surface area contributed by atoms with Gasteiger partial charge in [-0.05, 0) is 35.4 Å². The molecule has 0 bridgehead atoms. The van der Waals surface area contributed by atoms with E-state index < -0.39 is 0 Å². The second-order valence-electron chi connectivity index (χ2n) is 7.11. The summed E-state index contributed by atoms with van der Waals surface area (Å²) in [6, 6.07) is 7.53. The number of anilines is 1. The molecule has 1 aliphatic rings. The number of hydrogen-bond donors (Lipinski definition) is 1. The first kappa shape index (κ1) is 15.5. The standard InChI is InChI=1S/C17H18N6O2/c1-17(2,3)14-9-12(20-25-14)16(24)23-7-6-10-8-11(4-5-13(10)23)15-18-21-22-19-15/h4-5,8-9H,6-7H2,1-3H3,(H,18,19,21,22). The number of carbonyl (C=O) groups excluding carboxylic acids is 1. The van der Waals surface area contributed by atoms with Crippen LogP contribution in [0.1, 0.15) is 42.6 Å². The molecule has 4 rings (SSSR count). The predicted octanol–water partition coefficient (Wildman–Crippen LogP) is 2.36. The van der Waals surface area contributed by atoms with Crippen molar-refractivity contribution in [1.29, 1.82) is 0 Å². The van der Waals surface area contributed by atoms with E-state index in [0.717, 1.165) is 23.2 Å². The van der Waals surface area contributed by atoms with Crippen LogP contribution in [0.15, 0.2) is 28.8 Å². The number of aromatic nitrogens is 5. The fourth-order valence-electron chi connectivity index (χ4n) is 2.90. The van der Waals surface area contributed by atoms with Crippen LogP contribution >= 0.6 is 0 Å². The quantitative estimate of drug-likeness (QED) is 0.770. The number of tetrazole rings is 1. The summed E-state index contributed by atoms with van der Waals surface area (Å²) in [6.45, 7) is 6.67. The van der Waals surface area contributed by atoms with E-state index in [0.29, 0.717) is 23.8 Å². The monoisotopic (exact) mass is 338 g/mol. The first-order valence-corrected chi connectivity index (χ1v) is 8.09. The third kappa shape index (κ3) is 2.69. The van der Waals surface area contributed by atoms with Crippen LogP contribution in [0.4, 0.5) is 5.69 Å². The molecule has 128 valence electrons. The van der Waals surface area contributed by atoms with Crippen LogP contribution in [0.2, 0.25) is 0 Å². The van der Waals surface area contributed by atoms with E-state index in [1.54, 1.807) is 11.0 Å². The fraction of sp³-hybridized carbons (Fsp3) is 0.353. The van der Waals surface area contributed by atoms with Gasteiger partial charge in [0.05, 0.1) is 0 Å². The molecule has 1 aliphatic heterocycles. The third-order valence-electron chi connectivity index (χ3n) is 4.29. The Balaban J connectivity index is 1.62. The second kappa shape index (κ2) is 5.51. The minimum absolute atomic E-state index is 0.148. The highest BCUT2D eigenvalue weighted by molar-refractivity contribution is 6.06. The van der Waals surface area contributed by atoms with Gasteiger partial charge in [-0.25, -0.2) is 0 Å². The zero-order valence-corrected chi connectivity index (χ0v) is 14.3. The molecule has 2 aromatic heterocycles. The van der Waals surface area contributed by atoms with Crippen LogP contribution < -0.4 is 4.90 Å². The maximum atomic E-state index is 12.8. The van der Waals surface area contributed by atoms with Gasteiger partial charge in [-0.3, -0.25) is 4.79 Å². The summed E-state index contributed by atoms with van der Waals surface area (Å²) in [6.07, 6.45) is 0.775. The molecular formula is C17H18N6O2. The van der Waals surface area contributed by atoms with Crippen LogP contribution in [-0.2, 0) is 11.8 Å². The molecule has 3 heterocycles. The summed E-state index contributed by atoms with van der Waals surface area (Å²) in [5, 5.41) is 18.0. The van der Waals surface area contributed by atoms with E-state index in [1.807, 2.05) is 39.0 Å². The van der Waals surface area contributed by atoms with Crippen molar-refractivity contribution in [3.63, 3.8) is 0 Å². The minimum Gasteiger partial charge on any atom is -0.360 e. The summed E-state index contributed by atoms with van der Waals surface area (Å²) in [5.41, 5.74) is 2.99. The van der Waals surface area contributed by atoms with Crippen LogP contribution in [0.3, 0.4) is 0 Å². The molecule has 0 aliphatic carbocycles. The number of nitrogens with one attached hydrogen (secondary N) is 1. The number of aromatic amines is 1. The van der Waals surface area contributed by atoms with Crippen molar-refractivity contribution in [1.82, 2.24) is 25.8 Å². The summed E-state index contributed by atoms with van der Waals surface area (Å²) in [7, 11) is 0.